The first-order valence-corrected chi connectivity index (χ1v) is 12.1. The molecule has 1 atom stereocenters. The van der Waals surface area contributed by atoms with Gasteiger partial charge in [0.2, 0.25) is 15.8 Å². The molecule has 0 spiro atoms. The second kappa shape index (κ2) is 9.40. The van der Waals surface area contributed by atoms with Crippen LogP contribution in [0.25, 0.3) is 17.0 Å². The first-order chi connectivity index (χ1) is 16.5. The molecule has 0 aliphatic heterocycles. The van der Waals surface area contributed by atoms with Crippen molar-refractivity contribution in [2.75, 3.05) is 7.11 Å². The van der Waals surface area contributed by atoms with Gasteiger partial charge in [0.1, 0.15) is 10.6 Å². The Balaban J connectivity index is 1.87. The van der Waals surface area contributed by atoms with E-state index < -0.39 is 32.8 Å². The van der Waals surface area contributed by atoms with Crippen LogP contribution in [0, 0.1) is 0 Å². The number of aliphatic hydroxyl groups excluding tert-OH is 1. The molecule has 1 aliphatic carbocycles. The molecule has 2 aromatic carbocycles. The number of aromatic nitrogens is 4. The maximum Gasteiger partial charge on any atom is 0.417 e. The van der Waals surface area contributed by atoms with E-state index in [4.69, 9.17) is 9.88 Å². The minimum atomic E-state index is -4.99. The minimum Gasteiger partial charge on any atom is -0.497 e. The Labute approximate surface area is 199 Å². The lowest BCUT2D eigenvalue weighted by Gasteiger charge is -2.22. The van der Waals surface area contributed by atoms with Gasteiger partial charge in [0, 0.05) is 0 Å². The average molecular weight is 510 g/mol. The number of sulfonamides is 1. The van der Waals surface area contributed by atoms with Crippen molar-refractivity contribution in [2.45, 2.75) is 43.0 Å². The highest BCUT2D eigenvalue weighted by Gasteiger charge is 2.40. The average Bonchev–Trinajstić information content (AvgIpc) is 3.26. The van der Waals surface area contributed by atoms with Gasteiger partial charge in [0.25, 0.3) is 0 Å². The summed E-state index contributed by atoms with van der Waals surface area (Å²) in [6, 6.07) is 8.83. The van der Waals surface area contributed by atoms with Crippen molar-refractivity contribution in [3.05, 3.63) is 59.2 Å². The largest absolute Gasteiger partial charge is 0.497 e. The molecule has 0 saturated heterocycles. The van der Waals surface area contributed by atoms with Crippen LogP contribution in [-0.4, -0.2) is 46.9 Å². The molecule has 1 aliphatic rings. The van der Waals surface area contributed by atoms with E-state index in [2.05, 4.69) is 15.4 Å². The number of benzene rings is 2. The molecular weight excluding hydrogens is 487 g/mol. The molecule has 3 aromatic rings. The molecule has 35 heavy (non-hydrogen) atoms. The van der Waals surface area contributed by atoms with Crippen LogP contribution in [0.4, 0.5) is 13.2 Å². The van der Waals surface area contributed by atoms with Gasteiger partial charge in [-0.3, -0.25) is 0 Å². The van der Waals surface area contributed by atoms with Crippen molar-refractivity contribution >= 4 is 15.6 Å². The molecule has 0 fully saturated rings. The molecule has 3 N–H and O–H groups in total. The molecule has 0 amide bonds. The molecule has 1 aromatic heterocycles. The van der Waals surface area contributed by atoms with Gasteiger partial charge in [-0.15, -0.1) is 10.2 Å². The Kier molecular flexibility index (Phi) is 6.66. The van der Waals surface area contributed by atoms with E-state index in [1.165, 1.54) is 13.2 Å². The predicted molar refractivity (Wildman–Crippen MR) is 120 cm³/mol. The lowest BCUT2D eigenvalue weighted by Crippen LogP contribution is -2.21. The molecule has 0 radical (unpaired) electrons. The van der Waals surface area contributed by atoms with E-state index in [0.29, 0.717) is 30.2 Å². The molecule has 186 valence electrons. The number of alkyl halides is 3. The Morgan fingerprint density at radius 2 is 1.91 bits per heavy atom. The number of methoxy groups -OCH3 is 1. The van der Waals surface area contributed by atoms with Crippen LogP contribution in [0.3, 0.4) is 0 Å². The standard InChI is InChI=1S/C22H22F3N5O4S/c1-34-16-8-2-13(3-9-16)12-30-28-21(27-29-30)19-17(14-4-6-15(31)7-5-14)10-11-18(22(23,24)25)20(19)35(26,32)33/h2-4,8-11,15,31H,5-7,12H2,1H3,(H2,26,32,33). The molecule has 0 saturated carbocycles. The van der Waals surface area contributed by atoms with Crippen LogP contribution in [0.2, 0.25) is 0 Å². The summed E-state index contributed by atoms with van der Waals surface area (Å²) >= 11 is 0. The number of tetrazole rings is 1. The van der Waals surface area contributed by atoms with Crippen molar-refractivity contribution in [3.8, 4) is 17.1 Å². The van der Waals surface area contributed by atoms with Gasteiger partial charge < -0.3 is 9.84 Å². The van der Waals surface area contributed by atoms with Gasteiger partial charge >= 0.3 is 6.18 Å². The zero-order chi connectivity index (χ0) is 25.4. The summed E-state index contributed by atoms with van der Waals surface area (Å²) in [5, 5.41) is 27.1. The highest BCUT2D eigenvalue weighted by Crippen LogP contribution is 2.43. The summed E-state index contributed by atoms with van der Waals surface area (Å²) in [4.78, 5) is 0.0335. The van der Waals surface area contributed by atoms with E-state index >= 15 is 0 Å². The quantitative estimate of drug-likeness (QED) is 0.522. The third-order valence-corrected chi connectivity index (χ3v) is 6.63. The van der Waals surface area contributed by atoms with Crippen molar-refractivity contribution in [1.82, 2.24) is 20.2 Å². The topological polar surface area (TPSA) is 133 Å². The van der Waals surface area contributed by atoms with Gasteiger partial charge in [0.05, 0.1) is 30.9 Å². The molecule has 9 nitrogen and oxygen atoms in total. The number of hydrogen-bond donors (Lipinski definition) is 2. The number of ether oxygens (including phenoxy) is 1. The first-order valence-electron chi connectivity index (χ1n) is 10.5. The number of allylic oxidation sites excluding steroid dienone is 1. The van der Waals surface area contributed by atoms with E-state index in [0.717, 1.165) is 10.4 Å². The smallest absolute Gasteiger partial charge is 0.417 e. The SMILES string of the molecule is COc1ccc(Cn2nnc(-c3c(C4=CCC(O)CC4)ccc(C(F)(F)F)c3S(N)(=O)=O)n2)cc1. The number of halogens is 3. The Bertz CT molecular complexity index is 1370. The molecular formula is C22H22F3N5O4S. The highest BCUT2D eigenvalue weighted by molar-refractivity contribution is 7.89. The van der Waals surface area contributed by atoms with Gasteiger partial charge in [-0.1, -0.05) is 24.3 Å². The summed E-state index contributed by atoms with van der Waals surface area (Å²) < 4.78 is 71.5. The number of hydrogen-bond acceptors (Lipinski definition) is 7. The zero-order valence-electron chi connectivity index (χ0n) is 18.5. The van der Waals surface area contributed by atoms with Gasteiger partial charge in [-0.05, 0) is 59.4 Å². The molecule has 1 unspecified atom stereocenters. The third-order valence-electron chi connectivity index (χ3n) is 5.64. The highest BCUT2D eigenvalue weighted by atomic mass is 32.2. The number of rotatable bonds is 6. The van der Waals surface area contributed by atoms with Gasteiger partial charge in [0.15, 0.2) is 0 Å². The minimum absolute atomic E-state index is 0.130. The summed E-state index contributed by atoms with van der Waals surface area (Å²) in [5.74, 6) is 0.328. The third kappa shape index (κ3) is 5.36. The van der Waals surface area contributed by atoms with E-state index in [1.807, 2.05) is 0 Å². The van der Waals surface area contributed by atoms with Gasteiger partial charge in [-0.25, -0.2) is 13.6 Å². The Morgan fingerprint density at radius 1 is 1.20 bits per heavy atom. The van der Waals surface area contributed by atoms with Crippen molar-refractivity contribution in [2.24, 2.45) is 5.14 Å². The fraction of sp³-hybridized carbons (Fsp3) is 0.318. The molecule has 13 heteroatoms. The number of aliphatic hydroxyl groups is 1. The van der Waals surface area contributed by atoms with Gasteiger partial charge in [-0.2, -0.15) is 18.0 Å². The first kappa shape index (κ1) is 24.8. The Hall–Kier alpha value is -3.29. The lowest BCUT2D eigenvalue weighted by molar-refractivity contribution is -0.139. The zero-order valence-corrected chi connectivity index (χ0v) is 19.3. The van der Waals surface area contributed by atoms with E-state index in [-0.39, 0.29) is 29.9 Å². The fourth-order valence-corrected chi connectivity index (χ4v) is 4.94. The second-order valence-corrected chi connectivity index (χ2v) is 9.55. The van der Waals surface area contributed by atoms with Crippen LogP contribution >= 0.6 is 0 Å². The van der Waals surface area contributed by atoms with Crippen molar-refractivity contribution in [3.63, 3.8) is 0 Å². The van der Waals surface area contributed by atoms with Crippen molar-refractivity contribution in [1.29, 1.82) is 0 Å². The van der Waals surface area contributed by atoms with Crippen LogP contribution in [0.1, 0.15) is 36.0 Å². The van der Waals surface area contributed by atoms with Crippen LogP contribution < -0.4 is 9.88 Å². The predicted octanol–water partition coefficient (Wildman–Crippen LogP) is 2.99. The Morgan fingerprint density at radius 3 is 2.49 bits per heavy atom. The van der Waals surface area contributed by atoms with Crippen LogP contribution in [0.5, 0.6) is 5.75 Å². The van der Waals surface area contributed by atoms with Crippen molar-refractivity contribution < 1.29 is 31.4 Å². The lowest BCUT2D eigenvalue weighted by atomic mass is 9.88. The molecule has 1 heterocycles. The number of primary sulfonamides is 1. The fourth-order valence-electron chi connectivity index (χ4n) is 3.96. The van der Waals surface area contributed by atoms with Crippen LogP contribution in [-0.2, 0) is 22.7 Å². The van der Waals surface area contributed by atoms with E-state index in [9.17, 15) is 26.7 Å². The maximum absolute atomic E-state index is 13.8. The van der Waals surface area contributed by atoms with E-state index in [1.54, 1.807) is 30.3 Å². The molecule has 4 rings (SSSR count). The molecule has 0 bridgehead atoms. The monoisotopic (exact) mass is 509 g/mol. The number of nitrogens with zero attached hydrogens (tertiary/aromatic N) is 4. The summed E-state index contributed by atoms with van der Waals surface area (Å²) in [5.41, 5.74) is -0.268. The summed E-state index contributed by atoms with van der Waals surface area (Å²) in [6.07, 6.45) is -2.95. The summed E-state index contributed by atoms with van der Waals surface area (Å²) in [6.45, 7) is 0.130. The van der Waals surface area contributed by atoms with Crippen LogP contribution in [0.15, 0.2) is 47.4 Å². The summed E-state index contributed by atoms with van der Waals surface area (Å²) in [7, 11) is -3.33. The second-order valence-electron chi connectivity index (χ2n) is 8.06. The maximum atomic E-state index is 13.8. The normalized spacial score (nSPS) is 16.7. The number of nitrogens with two attached hydrogens (primary N) is 1.